The van der Waals surface area contributed by atoms with Gasteiger partial charge < -0.3 is 10.1 Å². The predicted octanol–water partition coefficient (Wildman–Crippen LogP) is 4.30. The van der Waals surface area contributed by atoms with Crippen LogP contribution in [-0.4, -0.2) is 46.6 Å². The summed E-state index contributed by atoms with van der Waals surface area (Å²) in [5, 5.41) is 2.81. The van der Waals surface area contributed by atoms with Crippen molar-refractivity contribution in [3.05, 3.63) is 59.0 Å². The maximum absolute atomic E-state index is 13.5. The van der Waals surface area contributed by atoms with E-state index in [9.17, 15) is 14.4 Å². The average molecular weight is 496 g/mol. The number of benzene rings is 2. The van der Waals surface area contributed by atoms with Crippen molar-refractivity contribution in [1.29, 1.82) is 0 Å². The van der Waals surface area contributed by atoms with Gasteiger partial charge in [0.2, 0.25) is 5.91 Å². The molecule has 1 N–H and O–H groups in total. The fraction of sp³-hybridized carbons (Fsp3) is 0.280. The molecule has 34 heavy (non-hydrogen) atoms. The van der Waals surface area contributed by atoms with Gasteiger partial charge in [0.25, 0.3) is 11.8 Å². The number of ether oxygens (including phenoxy) is 1. The van der Waals surface area contributed by atoms with Crippen LogP contribution in [0.3, 0.4) is 0 Å². The highest BCUT2D eigenvalue weighted by atomic mass is 32.2. The fourth-order valence-electron chi connectivity index (χ4n) is 3.87. The summed E-state index contributed by atoms with van der Waals surface area (Å²) in [7, 11) is 0. The molecule has 0 unspecified atom stereocenters. The number of nitrogens with zero attached hydrogens (tertiary/aromatic N) is 2. The van der Waals surface area contributed by atoms with Gasteiger partial charge in [-0.1, -0.05) is 56.0 Å². The molecular formula is C25H25N3O4S2. The summed E-state index contributed by atoms with van der Waals surface area (Å²) < 4.78 is 5.86. The SMILES string of the molecule is CCOc1ccc(NC(=O)CN2C(=O)C(=C3SC(=S)N(CC(C)C)C3=O)c3ccccc32)cc1. The monoisotopic (exact) mass is 495 g/mol. The Morgan fingerprint density at radius 1 is 1.06 bits per heavy atom. The van der Waals surface area contributed by atoms with Crippen LogP contribution >= 0.6 is 24.0 Å². The first-order valence-electron chi connectivity index (χ1n) is 11.0. The number of rotatable bonds is 7. The lowest BCUT2D eigenvalue weighted by Crippen LogP contribution is -2.36. The van der Waals surface area contributed by atoms with E-state index in [4.69, 9.17) is 17.0 Å². The number of anilines is 2. The molecular weight excluding hydrogens is 470 g/mol. The fourth-order valence-corrected chi connectivity index (χ4v) is 5.22. The third-order valence-corrected chi connectivity index (χ3v) is 6.75. The van der Waals surface area contributed by atoms with E-state index in [0.717, 1.165) is 11.8 Å². The lowest BCUT2D eigenvalue weighted by molar-refractivity contribution is -0.122. The number of thiocarbonyl (C=S) groups is 1. The average Bonchev–Trinajstić information content (AvgIpc) is 3.22. The van der Waals surface area contributed by atoms with Crippen molar-refractivity contribution in [3.8, 4) is 5.75 Å². The summed E-state index contributed by atoms with van der Waals surface area (Å²) >= 11 is 6.56. The Morgan fingerprint density at radius 2 is 1.76 bits per heavy atom. The van der Waals surface area contributed by atoms with Crippen LogP contribution < -0.4 is 15.0 Å². The first-order valence-corrected chi connectivity index (χ1v) is 12.2. The second kappa shape index (κ2) is 9.99. The first-order chi connectivity index (χ1) is 16.3. The highest BCUT2D eigenvalue weighted by molar-refractivity contribution is 8.26. The first kappa shape index (κ1) is 24.0. The van der Waals surface area contributed by atoms with E-state index in [2.05, 4.69) is 5.32 Å². The van der Waals surface area contributed by atoms with Crippen molar-refractivity contribution in [2.75, 3.05) is 29.9 Å². The van der Waals surface area contributed by atoms with Gasteiger partial charge in [0.1, 0.15) is 16.6 Å². The maximum Gasteiger partial charge on any atom is 0.267 e. The van der Waals surface area contributed by atoms with E-state index in [1.165, 1.54) is 4.90 Å². The maximum atomic E-state index is 13.5. The van der Waals surface area contributed by atoms with Gasteiger partial charge in [0.05, 0.1) is 22.8 Å². The molecule has 2 aliphatic heterocycles. The van der Waals surface area contributed by atoms with Gasteiger partial charge in [-0.05, 0) is 43.2 Å². The number of hydrogen-bond acceptors (Lipinski definition) is 6. The van der Waals surface area contributed by atoms with Crippen LogP contribution in [0, 0.1) is 5.92 Å². The van der Waals surface area contributed by atoms with Gasteiger partial charge in [-0.2, -0.15) is 0 Å². The molecule has 0 saturated carbocycles. The van der Waals surface area contributed by atoms with E-state index in [0.29, 0.717) is 50.6 Å². The third kappa shape index (κ3) is 4.71. The van der Waals surface area contributed by atoms with Gasteiger partial charge in [-0.3, -0.25) is 24.2 Å². The Balaban J connectivity index is 1.58. The van der Waals surface area contributed by atoms with Gasteiger partial charge >= 0.3 is 0 Å². The molecule has 3 amide bonds. The molecule has 0 aliphatic carbocycles. The molecule has 176 valence electrons. The standard InChI is InChI=1S/C25H25N3O4S2/c1-4-32-17-11-9-16(10-12-17)26-20(29)14-27-19-8-6-5-7-18(19)21(23(27)30)22-24(31)28(13-15(2)3)25(33)34-22/h5-12,15H,4,13-14H2,1-3H3,(H,26,29). The van der Waals surface area contributed by atoms with Crippen LogP contribution in [0.4, 0.5) is 11.4 Å². The van der Waals surface area contributed by atoms with Crippen LogP contribution in [0.25, 0.3) is 5.57 Å². The van der Waals surface area contributed by atoms with Gasteiger partial charge in [0, 0.05) is 17.8 Å². The molecule has 4 rings (SSSR count). The molecule has 0 aromatic heterocycles. The van der Waals surface area contributed by atoms with Crippen LogP contribution in [0.5, 0.6) is 5.75 Å². The zero-order valence-corrected chi connectivity index (χ0v) is 20.8. The molecule has 1 fully saturated rings. The minimum Gasteiger partial charge on any atom is -0.494 e. The zero-order chi connectivity index (χ0) is 24.4. The van der Waals surface area contributed by atoms with Crippen LogP contribution in [0.15, 0.2) is 53.4 Å². The summed E-state index contributed by atoms with van der Waals surface area (Å²) in [4.78, 5) is 42.7. The topological polar surface area (TPSA) is 79.0 Å². The van der Waals surface area contributed by atoms with Crippen molar-refractivity contribution >= 4 is 63.0 Å². The van der Waals surface area contributed by atoms with E-state index < -0.39 is 0 Å². The van der Waals surface area contributed by atoms with Crippen molar-refractivity contribution in [3.63, 3.8) is 0 Å². The molecule has 2 aromatic rings. The number of nitrogens with one attached hydrogen (secondary N) is 1. The molecule has 0 bridgehead atoms. The Kier molecular flexibility index (Phi) is 7.04. The molecule has 1 saturated heterocycles. The zero-order valence-electron chi connectivity index (χ0n) is 19.2. The molecule has 2 aromatic carbocycles. The lowest BCUT2D eigenvalue weighted by Gasteiger charge is -2.17. The second-order valence-corrected chi connectivity index (χ2v) is 9.94. The van der Waals surface area contributed by atoms with E-state index >= 15 is 0 Å². The molecule has 9 heteroatoms. The molecule has 2 heterocycles. The number of hydrogen-bond donors (Lipinski definition) is 1. The van der Waals surface area contributed by atoms with E-state index in [-0.39, 0.29) is 30.2 Å². The summed E-state index contributed by atoms with van der Waals surface area (Å²) in [5.41, 5.74) is 2.13. The quantitative estimate of drug-likeness (QED) is 0.456. The number of fused-ring (bicyclic) bond motifs is 1. The summed E-state index contributed by atoms with van der Waals surface area (Å²) in [6, 6.07) is 14.2. The molecule has 0 spiro atoms. The number of amides is 3. The van der Waals surface area contributed by atoms with E-state index in [1.54, 1.807) is 47.4 Å². The minimum atomic E-state index is -0.381. The van der Waals surface area contributed by atoms with Crippen molar-refractivity contribution in [2.24, 2.45) is 5.92 Å². The van der Waals surface area contributed by atoms with Gasteiger partial charge in [-0.15, -0.1) is 0 Å². The van der Waals surface area contributed by atoms with Gasteiger partial charge in [0.15, 0.2) is 0 Å². The second-order valence-electron chi connectivity index (χ2n) is 8.30. The normalized spacial score (nSPS) is 17.6. The lowest BCUT2D eigenvalue weighted by atomic mass is 10.1. The number of carbonyl (C=O) groups excluding carboxylic acids is 3. The third-order valence-electron chi connectivity index (χ3n) is 5.30. The van der Waals surface area contributed by atoms with Crippen molar-refractivity contribution in [2.45, 2.75) is 20.8 Å². The van der Waals surface area contributed by atoms with Crippen LogP contribution in [0.1, 0.15) is 26.3 Å². The minimum absolute atomic E-state index is 0.182. The Morgan fingerprint density at radius 3 is 2.44 bits per heavy atom. The van der Waals surface area contributed by atoms with Crippen molar-refractivity contribution in [1.82, 2.24) is 4.90 Å². The Labute approximate surface area is 208 Å². The Bertz CT molecular complexity index is 1190. The van der Waals surface area contributed by atoms with Crippen molar-refractivity contribution < 1.29 is 19.1 Å². The summed E-state index contributed by atoms with van der Waals surface area (Å²) in [6.07, 6.45) is 0. The summed E-state index contributed by atoms with van der Waals surface area (Å²) in [6.45, 7) is 6.78. The predicted molar refractivity (Wildman–Crippen MR) is 139 cm³/mol. The highest BCUT2D eigenvalue weighted by Gasteiger charge is 2.42. The van der Waals surface area contributed by atoms with Crippen LogP contribution in [0.2, 0.25) is 0 Å². The largest absolute Gasteiger partial charge is 0.494 e. The molecule has 0 radical (unpaired) electrons. The summed E-state index contributed by atoms with van der Waals surface area (Å²) in [5.74, 6) is -0.0404. The molecule has 0 atom stereocenters. The number of thioether (sulfide) groups is 1. The van der Waals surface area contributed by atoms with E-state index in [1.807, 2.05) is 26.8 Å². The number of carbonyl (C=O) groups is 3. The number of para-hydroxylation sites is 1. The van der Waals surface area contributed by atoms with Gasteiger partial charge in [-0.25, -0.2) is 0 Å². The molecule has 2 aliphatic rings. The highest BCUT2D eigenvalue weighted by Crippen LogP contribution is 2.44. The smallest absolute Gasteiger partial charge is 0.267 e. The molecule has 7 nitrogen and oxygen atoms in total. The Hall–Kier alpha value is -3.17. The van der Waals surface area contributed by atoms with Crippen LogP contribution in [-0.2, 0) is 14.4 Å².